The van der Waals surface area contributed by atoms with E-state index in [2.05, 4.69) is 27.4 Å². The largest absolute Gasteiger partial charge is 0.494 e. The lowest BCUT2D eigenvalue weighted by Crippen LogP contribution is -1.99. The number of anilines is 1. The first-order valence-electron chi connectivity index (χ1n) is 10.7. The Morgan fingerprint density at radius 1 is 0.933 bits per heavy atom. The first kappa shape index (κ1) is 21.5. The molecule has 0 bridgehead atoms. The Kier molecular flexibility index (Phi) is 8.39. The lowest BCUT2D eigenvalue weighted by Gasteiger charge is -2.06. The van der Waals surface area contributed by atoms with Gasteiger partial charge in [0.25, 0.3) is 0 Å². The van der Waals surface area contributed by atoms with E-state index in [-0.39, 0.29) is 0 Å². The molecule has 156 valence electrons. The number of aromatic nitrogens is 2. The maximum Gasteiger partial charge on any atom is 0.150 e. The van der Waals surface area contributed by atoms with Crippen LogP contribution in [0.4, 0.5) is 5.82 Å². The van der Waals surface area contributed by atoms with Crippen molar-refractivity contribution in [1.82, 2.24) is 9.97 Å². The number of hydrogen-bond acceptors (Lipinski definition) is 5. The van der Waals surface area contributed by atoms with Crippen LogP contribution in [0.5, 0.6) is 5.75 Å². The summed E-state index contributed by atoms with van der Waals surface area (Å²) in [4.78, 5) is 8.92. The molecule has 30 heavy (non-hydrogen) atoms. The summed E-state index contributed by atoms with van der Waals surface area (Å²) < 4.78 is 5.81. The van der Waals surface area contributed by atoms with Crippen molar-refractivity contribution in [2.24, 2.45) is 5.10 Å². The van der Waals surface area contributed by atoms with Gasteiger partial charge >= 0.3 is 0 Å². The minimum Gasteiger partial charge on any atom is -0.494 e. The Bertz CT molecular complexity index is 924. The highest BCUT2D eigenvalue weighted by Crippen LogP contribution is 2.19. The Balaban J connectivity index is 1.51. The number of hydrazone groups is 1. The molecule has 0 saturated carbocycles. The molecule has 5 nitrogen and oxygen atoms in total. The third-order valence-electron chi connectivity index (χ3n) is 4.70. The SMILES string of the molecule is CCCCCCCOc1ccc(/C=N\Nc2cc(-c3ccccc3)nc(C)n2)cc1. The van der Waals surface area contributed by atoms with Gasteiger partial charge in [0.1, 0.15) is 17.4 Å². The van der Waals surface area contributed by atoms with Crippen molar-refractivity contribution in [3.63, 3.8) is 0 Å². The summed E-state index contributed by atoms with van der Waals surface area (Å²) in [6.07, 6.45) is 7.98. The Hall–Kier alpha value is -3.21. The second-order valence-corrected chi connectivity index (χ2v) is 7.25. The molecule has 2 aromatic carbocycles. The predicted molar refractivity (Wildman–Crippen MR) is 124 cm³/mol. The number of benzene rings is 2. The van der Waals surface area contributed by atoms with E-state index in [1.165, 1.54) is 25.7 Å². The molecule has 0 radical (unpaired) electrons. The number of nitrogens with one attached hydrogen (secondary N) is 1. The van der Waals surface area contributed by atoms with Crippen LogP contribution in [0, 0.1) is 6.92 Å². The van der Waals surface area contributed by atoms with E-state index in [1.807, 2.05) is 67.6 Å². The summed E-state index contributed by atoms with van der Waals surface area (Å²) in [7, 11) is 0. The molecule has 3 aromatic rings. The van der Waals surface area contributed by atoms with Crippen LogP contribution < -0.4 is 10.2 Å². The normalized spacial score (nSPS) is 11.0. The third-order valence-corrected chi connectivity index (χ3v) is 4.70. The van der Waals surface area contributed by atoms with E-state index in [0.717, 1.165) is 35.6 Å². The van der Waals surface area contributed by atoms with E-state index in [9.17, 15) is 0 Å². The first-order valence-corrected chi connectivity index (χ1v) is 10.7. The van der Waals surface area contributed by atoms with Gasteiger partial charge in [0.05, 0.1) is 18.5 Å². The van der Waals surface area contributed by atoms with Crippen molar-refractivity contribution in [2.75, 3.05) is 12.0 Å². The number of hydrogen-bond donors (Lipinski definition) is 1. The molecule has 3 rings (SSSR count). The van der Waals surface area contributed by atoms with Gasteiger partial charge in [-0.1, -0.05) is 62.9 Å². The lowest BCUT2D eigenvalue weighted by atomic mass is 10.1. The molecule has 0 aliphatic carbocycles. The van der Waals surface area contributed by atoms with Gasteiger partial charge < -0.3 is 4.74 Å². The maximum atomic E-state index is 5.81. The fourth-order valence-electron chi connectivity index (χ4n) is 3.10. The van der Waals surface area contributed by atoms with Gasteiger partial charge in [-0.2, -0.15) is 5.10 Å². The zero-order chi connectivity index (χ0) is 21.0. The van der Waals surface area contributed by atoms with Crippen molar-refractivity contribution in [1.29, 1.82) is 0 Å². The topological polar surface area (TPSA) is 59.4 Å². The highest BCUT2D eigenvalue weighted by atomic mass is 16.5. The average molecular weight is 403 g/mol. The van der Waals surface area contributed by atoms with Crippen LogP contribution in [0.15, 0.2) is 65.8 Å². The summed E-state index contributed by atoms with van der Waals surface area (Å²) in [5.74, 6) is 2.26. The first-order chi connectivity index (χ1) is 14.7. The van der Waals surface area contributed by atoms with E-state index in [0.29, 0.717) is 11.6 Å². The van der Waals surface area contributed by atoms with Crippen LogP contribution in [0.1, 0.15) is 50.4 Å². The molecule has 0 aliphatic heterocycles. The molecule has 1 N–H and O–H groups in total. The molecule has 0 amide bonds. The zero-order valence-electron chi connectivity index (χ0n) is 17.8. The predicted octanol–water partition coefficient (Wildman–Crippen LogP) is 6.25. The summed E-state index contributed by atoms with van der Waals surface area (Å²) in [6.45, 7) is 4.88. The van der Waals surface area contributed by atoms with Gasteiger partial charge in [-0.3, -0.25) is 5.43 Å². The molecule has 0 spiro atoms. The maximum absolute atomic E-state index is 5.81. The molecule has 5 heteroatoms. The molecule has 0 fully saturated rings. The minimum absolute atomic E-state index is 0.667. The van der Waals surface area contributed by atoms with Gasteiger partial charge in [0.2, 0.25) is 0 Å². The standard InChI is InChI=1S/C25H30N4O/c1-3-4-5-6-10-17-30-23-15-13-21(14-16-23)19-26-29-25-18-24(27-20(2)28-25)22-11-8-7-9-12-22/h7-9,11-16,18-19H,3-6,10,17H2,1-2H3,(H,27,28,29)/b26-19-. The summed E-state index contributed by atoms with van der Waals surface area (Å²) in [5.41, 5.74) is 5.92. The number of ether oxygens (including phenoxy) is 1. The number of nitrogens with zero attached hydrogens (tertiary/aromatic N) is 3. The molecule has 0 atom stereocenters. The fourth-order valence-corrected chi connectivity index (χ4v) is 3.10. The number of aryl methyl sites for hydroxylation is 1. The quantitative estimate of drug-likeness (QED) is 0.234. The van der Waals surface area contributed by atoms with Gasteiger partial charge in [-0.25, -0.2) is 9.97 Å². The van der Waals surface area contributed by atoms with Crippen molar-refractivity contribution in [3.05, 3.63) is 72.1 Å². The molecule has 0 saturated heterocycles. The summed E-state index contributed by atoms with van der Waals surface area (Å²) in [6, 6.07) is 19.9. The number of unbranched alkanes of at least 4 members (excludes halogenated alkanes) is 4. The molecule has 0 unspecified atom stereocenters. The van der Waals surface area contributed by atoms with Crippen molar-refractivity contribution in [2.45, 2.75) is 46.0 Å². The van der Waals surface area contributed by atoms with Crippen molar-refractivity contribution in [3.8, 4) is 17.0 Å². The van der Waals surface area contributed by atoms with Crippen LogP contribution in [0.25, 0.3) is 11.3 Å². The lowest BCUT2D eigenvalue weighted by molar-refractivity contribution is 0.304. The number of rotatable bonds is 11. The van der Waals surface area contributed by atoms with Gasteiger partial charge in [0.15, 0.2) is 0 Å². The summed E-state index contributed by atoms with van der Waals surface area (Å²) in [5, 5.41) is 4.32. The average Bonchev–Trinajstić information content (AvgIpc) is 2.77. The Morgan fingerprint density at radius 3 is 2.47 bits per heavy atom. The van der Waals surface area contributed by atoms with Gasteiger partial charge in [0, 0.05) is 11.6 Å². The molecule has 1 aromatic heterocycles. The van der Waals surface area contributed by atoms with Crippen LogP contribution >= 0.6 is 0 Å². The summed E-state index contributed by atoms with van der Waals surface area (Å²) >= 11 is 0. The van der Waals surface area contributed by atoms with Crippen molar-refractivity contribution < 1.29 is 4.74 Å². The Labute approximate surface area is 179 Å². The second kappa shape index (κ2) is 11.7. The van der Waals surface area contributed by atoms with E-state index in [4.69, 9.17) is 4.74 Å². The van der Waals surface area contributed by atoms with Crippen LogP contribution in [0.3, 0.4) is 0 Å². The van der Waals surface area contributed by atoms with E-state index in [1.54, 1.807) is 6.21 Å². The van der Waals surface area contributed by atoms with Crippen LogP contribution in [-0.4, -0.2) is 22.8 Å². The van der Waals surface area contributed by atoms with Gasteiger partial charge in [-0.15, -0.1) is 0 Å². The zero-order valence-corrected chi connectivity index (χ0v) is 17.8. The molecule has 1 heterocycles. The highest BCUT2D eigenvalue weighted by Gasteiger charge is 2.03. The smallest absolute Gasteiger partial charge is 0.150 e. The minimum atomic E-state index is 0.667. The second-order valence-electron chi connectivity index (χ2n) is 7.25. The molecular weight excluding hydrogens is 372 g/mol. The Morgan fingerprint density at radius 2 is 1.70 bits per heavy atom. The molecule has 0 aliphatic rings. The van der Waals surface area contributed by atoms with E-state index >= 15 is 0 Å². The van der Waals surface area contributed by atoms with Crippen molar-refractivity contribution >= 4 is 12.0 Å². The van der Waals surface area contributed by atoms with E-state index < -0.39 is 0 Å². The van der Waals surface area contributed by atoms with Crippen LogP contribution in [-0.2, 0) is 0 Å². The molecular formula is C25H30N4O. The van der Waals surface area contributed by atoms with Gasteiger partial charge in [-0.05, 0) is 43.2 Å². The van der Waals surface area contributed by atoms with Crippen LogP contribution in [0.2, 0.25) is 0 Å². The highest BCUT2D eigenvalue weighted by molar-refractivity contribution is 5.80. The third kappa shape index (κ3) is 6.99. The monoisotopic (exact) mass is 402 g/mol. The fraction of sp³-hybridized carbons (Fsp3) is 0.320.